The summed E-state index contributed by atoms with van der Waals surface area (Å²) in [5.74, 6) is 0.0323. The SMILES string of the molecule is CCCc1sc2nc(SCC(=O)Nc3cc(C)ccc3C)n(-c3ccc(CC)cc3)c(=O)c2c1C. The first kappa shape index (κ1) is 25.2. The molecular formula is C28H31N3O2S2. The fourth-order valence-corrected chi connectivity index (χ4v) is 6.20. The standard InChI is InChI=1S/C28H31N3O2S2/c1-6-8-23-19(5)25-26(35-23)30-28(31(27(25)33)21-13-11-20(7-2)12-14-21)34-16-24(32)29-22-15-17(3)9-10-18(22)4/h9-15H,6-8,16H2,1-5H3,(H,29,32). The maximum atomic E-state index is 13.8. The van der Waals surface area contributed by atoms with Gasteiger partial charge in [-0.1, -0.05) is 56.3 Å². The molecule has 5 nitrogen and oxygen atoms in total. The highest BCUT2D eigenvalue weighted by Gasteiger charge is 2.20. The first-order valence-corrected chi connectivity index (χ1v) is 13.8. The van der Waals surface area contributed by atoms with Gasteiger partial charge in [0.05, 0.1) is 16.8 Å². The van der Waals surface area contributed by atoms with E-state index in [2.05, 4.69) is 19.2 Å². The van der Waals surface area contributed by atoms with Gasteiger partial charge in [0.15, 0.2) is 5.16 Å². The van der Waals surface area contributed by atoms with Gasteiger partial charge < -0.3 is 5.32 Å². The molecule has 0 atom stereocenters. The monoisotopic (exact) mass is 505 g/mol. The summed E-state index contributed by atoms with van der Waals surface area (Å²) in [5, 5.41) is 4.22. The number of hydrogen-bond acceptors (Lipinski definition) is 5. The van der Waals surface area contributed by atoms with Crippen LogP contribution in [0, 0.1) is 20.8 Å². The minimum atomic E-state index is -0.125. The Labute approximate surface area is 214 Å². The van der Waals surface area contributed by atoms with Gasteiger partial charge in [-0.15, -0.1) is 11.3 Å². The van der Waals surface area contributed by atoms with Crippen LogP contribution >= 0.6 is 23.1 Å². The Hall–Kier alpha value is -2.90. The van der Waals surface area contributed by atoms with Crippen molar-refractivity contribution in [2.45, 2.75) is 59.0 Å². The average Bonchev–Trinajstić information content (AvgIpc) is 3.15. The van der Waals surface area contributed by atoms with E-state index >= 15 is 0 Å². The van der Waals surface area contributed by atoms with Crippen LogP contribution in [0.1, 0.15) is 47.4 Å². The molecule has 0 saturated carbocycles. The van der Waals surface area contributed by atoms with Crippen molar-refractivity contribution in [2.24, 2.45) is 0 Å². The van der Waals surface area contributed by atoms with Crippen LogP contribution in [0.4, 0.5) is 5.69 Å². The van der Waals surface area contributed by atoms with E-state index in [1.54, 1.807) is 15.9 Å². The lowest BCUT2D eigenvalue weighted by Gasteiger charge is -2.13. The number of benzene rings is 2. The topological polar surface area (TPSA) is 64.0 Å². The number of aryl methyl sites for hydroxylation is 5. The quantitative estimate of drug-likeness (QED) is 0.216. The van der Waals surface area contributed by atoms with E-state index in [0.717, 1.165) is 52.2 Å². The minimum absolute atomic E-state index is 0.0761. The Bertz CT molecular complexity index is 1440. The van der Waals surface area contributed by atoms with Gasteiger partial charge in [-0.05, 0) is 74.1 Å². The number of nitrogens with one attached hydrogen (secondary N) is 1. The van der Waals surface area contributed by atoms with Crippen LogP contribution in [-0.2, 0) is 17.6 Å². The Morgan fingerprint density at radius 2 is 1.83 bits per heavy atom. The first-order valence-electron chi connectivity index (χ1n) is 12.0. The normalized spacial score (nSPS) is 11.2. The van der Waals surface area contributed by atoms with Crippen LogP contribution in [0.5, 0.6) is 0 Å². The first-order chi connectivity index (χ1) is 16.8. The molecule has 0 radical (unpaired) electrons. The lowest BCUT2D eigenvalue weighted by Crippen LogP contribution is -2.23. The van der Waals surface area contributed by atoms with Crippen molar-refractivity contribution < 1.29 is 4.79 Å². The fourth-order valence-electron chi connectivity index (χ4n) is 4.07. The number of thioether (sulfide) groups is 1. The molecular weight excluding hydrogens is 474 g/mol. The van der Waals surface area contributed by atoms with Gasteiger partial charge in [0.2, 0.25) is 5.91 Å². The molecule has 0 saturated heterocycles. The Morgan fingerprint density at radius 3 is 2.51 bits per heavy atom. The summed E-state index contributed by atoms with van der Waals surface area (Å²) < 4.78 is 1.66. The summed E-state index contributed by atoms with van der Waals surface area (Å²) in [6.07, 6.45) is 2.87. The van der Waals surface area contributed by atoms with E-state index in [-0.39, 0.29) is 17.2 Å². The summed E-state index contributed by atoms with van der Waals surface area (Å²) in [7, 11) is 0. The molecule has 0 aliphatic heterocycles. The van der Waals surface area contributed by atoms with E-state index in [4.69, 9.17) is 4.98 Å². The molecule has 0 aliphatic rings. The maximum absolute atomic E-state index is 13.8. The van der Waals surface area contributed by atoms with Crippen molar-refractivity contribution in [1.82, 2.24) is 9.55 Å². The highest BCUT2D eigenvalue weighted by atomic mass is 32.2. The molecule has 0 unspecified atom stereocenters. The Morgan fingerprint density at radius 1 is 1.09 bits per heavy atom. The van der Waals surface area contributed by atoms with E-state index < -0.39 is 0 Å². The van der Waals surface area contributed by atoms with Crippen molar-refractivity contribution in [3.63, 3.8) is 0 Å². The molecule has 0 fully saturated rings. The smallest absolute Gasteiger partial charge is 0.267 e. The van der Waals surface area contributed by atoms with E-state index in [1.807, 2.05) is 63.2 Å². The summed E-state index contributed by atoms with van der Waals surface area (Å²) in [4.78, 5) is 33.4. The third-order valence-corrected chi connectivity index (χ3v) is 8.30. The van der Waals surface area contributed by atoms with Crippen molar-refractivity contribution in [2.75, 3.05) is 11.1 Å². The largest absolute Gasteiger partial charge is 0.325 e. The fraction of sp³-hybridized carbons (Fsp3) is 0.321. The summed E-state index contributed by atoms with van der Waals surface area (Å²) in [6, 6.07) is 14.0. The number of amides is 1. The second-order valence-corrected chi connectivity index (χ2v) is 10.8. The number of aromatic nitrogens is 2. The highest BCUT2D eigenvalue weighted by Crippen LogP contribution is 2.31. The van der Waals surface area contributed by atoms with Gasteiger partial charge in [0.1, 0.15) is 4.83 Å². The summed E-state index contributed by atoms with van der Waals surface area (Å²) >= 11 is 2.88. The highest BCUT2D eigenvalue weighted by molar-refractivity contribution is 7.99. The number of thiophene rings is 1. The molecule has 2 aromatic carbocycles. The molecule has 2 aromatic heterocycles. The number of carbonyl (C=O) groups is 1. The van der Waals surface area contributed by atoms with E-state index in [1.165, 1.54) is 22.2 Å². The average molecular weight is 506 g/mol. The van der Waals surface area contributed by atoms with Crippen molar-refractivity contribution in [3.05, 3.63) is 79.9 Å². The molecule has 182 valence electrons. The molecule has 2 heterocycles. The third-order valence-electron chi connectivity index (χ3n) is 6.11. The van der Waals surface area contributed by atoms with E-state index in [9.17, 15) is 9.59 Å². The Kier molecular flexibility index (Phi) is 7.77. The van der Waals surface area contributed by atoms with Crippen LogP contribution in [0.2, 0.25) is 0 Å². The summed E-state index contributed by atoms with van der Waals surface area (Å²) in [6.45, 7) is 10.2. The molecule has 4 rings (SSSR count). The number of rotatable bonds is 8. The molecule has 0 bridgehead atoms. The maximum Gasteiger partial charge on any atom is 0.267 e. The van der Waals surface area contributed by atoms with Gasteiger partial charge in [-0.2, -0.15) is 0 Å². The number of fused-ring (bicyclic) bond motifs is 1. The van der Waals surface area contributed by atoms with Crippen LogP contribution in [0.15, 0.2) is 52.4 Å². The van der Waals surface area contributed by atoms with Gasteiger partial charge in [-0.25, -0.2) is 4.98 Å². The zero-order valence-electron chi connectivity index (χ0n) is 20.9. The zero-order chi connectivity index (χ0) is 25.1. The van der Waals surface area contributed by atoms with Gasteiger partial charge in [-0.3, -0.25) is 14.2 Å². The predicted octanol–water partition coefficient (Wildman–Crippen LogP) is 6.62. The van der Waals surface area contributed by atoms with E-state index in [0.29, 0.717) is 10.5 Å². The predicted molar refractivity (Wildman–Crippen MR) is 149 cm³/mol. The molecule has 1 amide bonds. The lowest BCUT2D eigenvalue weighted by molar-refractivity contribution is -0.113. The number of carbonyl (C=O) groups excluding carboxylic acids is 1. The van der Waals surface area contributed by atoms with Gasteiger partial charge >= 0.3 is 0 Å². The second-order valence-electron chi connectivity index (χ2n) is 8.79. The van der Waals surface area contributed by atoms with Crippen molar-refractivity contribution in [1.29, 1.82) is 0 Å². The molecule has 0 spiro atoms. The number of hydrogen-bond donors (Lipinski definition) is 1. The lowest BCUT2D eigenvalue weighted by atomic mass is 10.1. The number of anilines is 1. The molecule has 0 aliphatic carbocycles. The zero-order valence-corrected chi connectivity index (χ0v) is 22.5. The van der Waals surface area contributed by atoms with Crippen LogP contribution in [0.3, 0.4) is 0 Å². The second kappa shape index (κ2) is 10.8. The summed E-state index contributed by atoms with van der Waals surface area (Å²) in [5.41, 5.74) is 5.83. The van der Waals surface area contributed by atoms with Gasteiger partial charge in [0.25, 0.3) is 5.56 Å². The number of nitrogens with zero attached hydrogens (tertiary/aromatic N) is 2. The molecule has 1 N–H and O–H groups in total. The van der Waals surface area contributed by atoms with Crippen LogP contribution in [0.25, 0.3) is 15.9 Å². The van der Waals surface area contributed by atoms with Crippen molar-refractivity contribution >= 4 is 44.9 Å². The molecule has 35 heavy (non-hydrogen) atoms. The third kappa shape index (κ3) is 5.36. The molecule has 7 heteroatoms. The minimum Gasteiger partial charge on any atom is -0.325 e. The molecule has 4 aromatic rings. The van der Waals surface area contributed by atoms with Crippen molar-refractivity contribution in [3.8, 4) is 5.69 Å². The van der Waals surface area contributed by atoms with Gasteiger partial charge in [0, 0.05) is 10.6 Å². The van der Waals surface area contributed by atoms with Crippen LogP contribution < -0.4 is 10.9 Å². The van der Waals surface area contributed by atoms with Crippen LogP contribution in [-0.4, -0.2) is 21.2 Å². The Balaban J connectivity index is 1.72.